The SMILES string of the molecule is COc1ccc(Br)c(C(Nc2cccc(Br)c2)C(=O)O)c1. The lowest BCUT2D eigenvalue weighted by molar-refractivity contribution is -0.138. The van der Waals surface area contributed by atoms with Gasteiger partial charge in [0, 0.05) is 20.2 Å². The number of nitrogens with one attached hydrogen (secondary N) is 1. The lowest BCUT2D eigenvalue weighted by Gasteiger charge is -2.18. The van der Waals surface area contributed by atoms with Gasteiger partial charge in [-0.2, -0.15) is 0 Å². The Balaban J connectivity index is 2.37. The van der Waals surface area contributed by atoms with Crippen molar-refractivity contribution in [2.75, 3.05) is 12.4 Å². The molecule has 1 atom stereocenters. The monoisotopic (exact) mass is 413 g/mol. The van der Waals surface area contributed by atoms with Gasteiger partial charge in [0.2, 0.25) is 0 Å². The molecule has 6 heteroatoms. The van der Waals surface area contributed by atoms with Gasteiger partial charge in [-0.3, -0.25) is 0 Å². The van der Waals surface area contributed by atoms with Gasteiger partial charge >= 0.3 is 5.97 Å². The maximum absolute atomic E-state index is 11.6. The van der Waals surface area contributed by atoms with Crippen LogP contribution in [-0.2, 0) is 4.79 Å². The van der Waals surface area contributed by atoms with Gasteiger partial charge in [0.1, 0.15) is 5.75 Å². The minimum absolute atomic E-state index is 0.599. The van der Waals surface area contributed by atoms with Gasteiger partial charge < -0.3 is 15.2 Å². The number of halogens is 2. The van der Waals surface area contributed by atoms with Crippen molar-refractivity contribution in [3.05, 3.63) is 57.0 Å². The van der Waals surface area contributed by atoms with Gasteiger partial charge in [-0.1, -0.05) is 37.9 Å². The first-order chi connectivity index (χ1) is 10.0. The van der Waals surface area contributed by atoms with Crippen LogP contribution in [0.1, 0.15) is 11.6 Å². The molecule has 0 heterocycles. The van der Waals surface area contributed by atoms with Crippen LogP contribution in [0.4, 0.5) is 5.69 Å². The lowest BCUT2D eigenvalue weighted by Crippen LogP contribution is -2.21. The van der Waals surface area contributed by atoms with E-state index in [0.717, 1.165) is 4.47 Å². The van der Waals surface area contributed by atoms with E-state index in [1.54, 1.807) is 25.3 Å². The van der Waals surface area contributed by atoms with E-state index in [1.807, 2.05) is 24.3 Å². The topological polar surface area (TPSA) is 58.6 Å². The van der Waals surface area contributed by atoms with Crippen molar-refractivity contribution >= 4 is 43.5 Å². The van der Waals surface area contributed by atoms with E-state index in [2.05, 4.69) is 37.2 Å². The number of carbonyl (C=O) groups is 1. The summed E-state index contributed by atoms with van der Waals surface area (Å²) in [7, 11) is 1.55. The van der Waals surface area contributed by atoms with Crippen molar-refractivity contribution in [2.24, 2.45) is 0 Å². The van der Waals surface area contributed by atoms with E-state index in [4.69, 9.17) is 4.74 Å². The second-order valence-corrected chi connectivity index (χ2v) is 6.08. The van der Waals surface area contributed by atoms with Crippen LogP contribution in [0.25, 0.3) is 0 Å². The average Bonchev–Trinajstić information content (AvgIpc) is 2.45. The van der Waals surface area contributed by atoms with E-state index in [0.29, 0.717) is 21.5 Å². The molecule has 0 fully saturated rings. The number of methoxy groups -OCH3 is 1. The average molecular weight is 415 g/mol. The summed E-state index contributed by atoms with van der Waals surface area (Å²) in [6, 6.07) is 11.7. The molecule has 0 saturated carbocycles. The number of anilines is 1. The summed E-state index contributed by atoms with van der Waals surface area (Å²) in [5.41, 5.74) is 1.31. The zero-order chi connectivity index (χ0) is 15.4. The van der Waals surface area contributed by atoms with Gasteiger partial charge in [0.25, 0.3) is 0 Å². The summed E-state index contributed by atoms with van der Waals surface area (Å²) < 4.78 is 6.74. The van der Waals surface area contributed by atoms with Gasteiger partial charge in [0.15, 0.2) is 6.04 Å². The Bertz CT molecular complexity index is 661. The van der Waals surface area contributed by atoms with Gasteiger partial charge in [-0.25, -0.2) is 4.79 Å². The minimum atomic E-state index is -0.969. The van der Waals surface area contributed by atoms with Crippen LogP contribution >= 0.6 is 31.9 Å². The Kier molecular flexibility index (Phi) is 5.25. The Morgan fingerprint density at radius 1 is 1.24 bits per heavy atom. The number of carboxylic acids is 1. The van der Waals surface area contributed by atoms with Crippen LogP contribution in [0.5, 0.6) is 5.75 Å². The summed E-state index contributed by atoms with van der Waals surface area (Å²) in [4.78, 5) is 11.6. The molecular formula is C15H13Br2NO3. The number of hydrogen-bond acceptors (Lipinski definition) is 3. The fourth-order valence-electron chi connectivity index (χ4n) is 1.89. The molecular weight excluding hydrogens is 402 g/mol. The van der Waals surface area contributed by atoms with Gasteiger partial charge in [-0.15, -0.1) is 0 Å². The molecule has 0 aliphatic carbocycles. The third kappa shape index (κ3) is 3.98. The normalized spacial score (nSPS) is 11.8. The van der Waals surface area contributed by atoms with Crippen LogP contribution in [0.15, 0.2) is 51.4 Å². The highest BCUT2D eigenvalue weighted by molar-refractivity contribution is 9.10. The number of carboxylic acid groups (broad SMARTS) is 1. The van der Waals surface area contributed by atoms with Crippen LogP contribution < -0.4 is 10.1 Å². The van der Waals surface area contributed by atoms with E-state index < -0.39 is 12.0 Å². The van der Waals surface area contributed by atoms with Crippen molar-refractivity contribution < 1.29 is 14.6 Å². The van der Waals surface area contributed by atoms with E-state index >= 15 is 0 Å². The molecule has 2 aromatic carbocycles. The first-order valence-corrected chi connectivity index (χ1v) is 7.68. The molecule has 1 unspecified atom stereocenters. The lowest BCUT2D eigenvalue weighted by atomic mass is 10.1. The van der Waals surface area contributed by atoms with Crippen molar-refractivity contribution in [2.45, 2.75) is 6.04 Å². The summed E-state index contributed by atoms with van der Waals surface area (Å²) in [5, 5.41) is 12.5. The zero-order valence-electron chi connectivity index (χ0n) is 11.1. The first kappa shape index (κ1) is 15.9. The molecule has 0 amide bonds. The maximum atomic E-state index is 11.6. The predicted octanol–water partition coefficient (Wildman–Crippen LogP) is 4.46. The third-order valence-corrected chi connectivity index (χ3v) is 4.11. The van der Waals surface area contributed by atoms with E-state index in [1.165, 1.54) is 0 Å². The van der Waals surface area contributed by atoms with Gasteiger partial charge in [0.05, 0.1) is 7.11 Å². The Labute approximate surface area is 139 Å². The summed E-state index contributed by atoms with van der Waals surface area (Å²) in [6.07, 6.45) is 0. The molecule has 0 spiro atoms. The zero-order valence-corrected chi connectivity index (χ0v) is 14.3. The highest BCUT2D eigenvalue weighted by Gasteiger charge is 2.22. The minimum Gasteiger partial charge on any atom is -0.497 e. The smallest absolute Gasteiger partial charge is 0.330 e. The number of benzene rings is 2. The number of ether oxygens (including phenoxy) is 1. The van der Waals surface area contributed by atoms with Crippen LogP contribution in [0.3, 0.4) is 0 Å². The standard InChI is InChI=1S/C15H13Br2NO3/c1-21-11-5-6-13(17)12(8-11)14(15(19)20)18-10-4-2-3-9(16)7-10/h2-8,14,18H,1H3,(H,19,20). The molecule has 0 bridgehead atoms. The number of rotatable bonds is 5. The van der Waals surface area contributed by atoms with E-state index in [-0.39, 0.29) is 0 Å². The molecule has 2 rings (SSSR count). The second kappa shape index (κ2) is 6.95. The van der Waals surface area contributed by atoms with Crippen LogP contribution in [0, 0.1) is 0 Å². The fraction of sp³-hybridized carbons (Fsp3) is 0.133. The molecule has 0 saturated heterocycles. The molecule has 0 radical (unpaired) electrons. The molecule has 0 aliphatic heterocycles. The summed E-state index contributed by atoms with van der Waals surface area (Å²) >= 11 is 6.75. The Hall–Kier alpha value is -1.53. The van der Waals surface area contributed by atoms with Crippen molar-refractivity contribution in [1.82, 2.24) is 0 Å². The first-order valence-electron chi connectivity index (χ1n) is 6.09. The molecule has 2 aromatic rings. The third-order valence-electron chi connectivity index (χ3n) is 2.90. The fourth-order valence-corrected chi connectivity index (χ4v) is 2.76. The number of aliphatic carboxylic acids is 1. The highest BCUT2D eigenvalue weighted by atomic mass is 79.9. The molecule has 4 nitrogen and oxygen atoms in total. The highest BCUT2D eigenvalue weighted by Crippen LogP contribution is 2.30. The molecule has 21 heavy (non-hydrogen) atoms. The van der Waals surface area contributed by atoms with Crippen molar-refractivity contribution in [3.8, 4) is 5.75 Å². The van der Waals surface area contributed by atoms with Crippen LogP contribution in [-0.4, -0.2) is 18.2 Å². The Morgan fingerprint density at radius 2 is 2.00 bits per heavy atom. The molecule has 0 aromatic heterocycles. The molecule has 0 aliphatic rings. The van der Waals surface area contributed by atoms with Crippen molar-refractivity contribution in [1.29, 1.82) is 0 Å². The number of hydrogen-bond donors (Lipinski definition) is 2. The maximum Gasteiger partial charge on any atom is 0.330 e. The summed E-state index contributed by atoms with van der Waals surface area (Å²) in [5.74, 6) is -0.362. The summed E-state index contributed by atoms with van der Waals surface area (Å²) in [6.45, 7) is 0. The largest absolute Gasteiger partial charge is 0.497 e. The predicted molar refractivity (Wildman–Crippen MR) is 88.8 cm³/mol. The van der Waals surface area contributed by atoms with Crippen LogP contribution in [0.2, 0.25) is 0 Å². The quantitative estimate of drug-likeness (QED) is 0.758. The second-order valence-electron chi connectivity index (χ2n) is 4.31. The molecule has 110 valence electrons. The van der Waals surface area contributed by atoms with E-state index in [9.17, 15) is 9.90 Å². The van der Waals surface area contributed by atoms with Crippen molar-refractivity contribution in [3.63, 3.8) is 0 Å². The Morgan fingerprint density at radius 3 is 2.62 bits per heavy atom. The molecule has 2 N–H and O–H groups in total. The van der Waals surface area contributed by atoms with Gasteiger partial charge in [-0.05, 0) is 36.4 Å².